The van der Waals surface area contributed by atoms with E-state index in [0.717, 1.165) is 50.8 Å². The van der Waals surface area contributed by atoms with Gasteiger partial charge in [0.2, 0.25) is 0 Å². The first-order valence-electron chi connectivity index (χ1n) is 11.3. The molecule has 2 heterocycles. The molecule has 1 saturated carbocycles. The Balaban J connectivity index is 1.48. The van der Waals surface area contributed by atoms with Gasteiger partial charge in [0.15, 0.2) is 6.61 Å². The molecule has 0 N–H and O–H groups in total. The summed E-state index contributed by atoms with van der Waals surface area (Å²) in [5.41, 5.74) is -0.204. The van der Waals surface area contributed by atoms with E-state index in [4.69, 9.17) is 4.74 Å². The summed E-state index contributed by atoms with van der Waals surface area (Å²) < 4.78 is 6.99. The van der Waals surface area contributed by atoms with Gasteiger partial charge in [0, 0.05) is 20.0 Å². The van der Waals surface area contributed by atoms with Crippen LogP contribution in [0, 0.1) is 11.3 Å². The Labute approximate surface area is 186 Å². The Morgan fingerprint density at radius 2 is 1.94 bits per heavy atom. The fourth-order valence-electron chi connectivity index (χ4n) is 4.75. The maximum atomic E-state index is 12.8. The highest BCUT2D eigenvalue weighted by atomic mass is 16.5. The highest BCUT2D eigenvalue weighted by Gasteiger charge is 2.39. The number of rotatable bonds is 4. The van der Waals surface area contributed by atoms with E-state index < -0.39 is 24.0 Å². The highest BCUT2D eigenvalue weighted by Crippen LogP contribution is 2.32. The molecule has 0 spiro atoms. The lowest BCUT2D eigenvalue weighted by atomic mass is 9.81. The molecule has 1 aromatic heterocycles. The summed E-state index contributed by atoms with van der Waals surface area (Å²) in [6, 6.07) is 6.98. The third-order valence-corrected chi connectivity index (χ3v) is 6.78. The zero-order valence-electron chi connectivity index (χ0n) is 18.4. The van der Waals surface area contributed by atoms with Gasteiger partial charge in [0.25, 0.3) is 11.5 Å². The normalized spacial score (nSPS) is 17.6. The second kappa shape index (κ2) is 9.11. The van der Waals surface area contributed by atoms with Gasteiger partial charge in [-0.05, 0) is 43.9 Å². The molecule has 1 aliphatic carbocycles. The van der Waals surface area contributed by atoms with Gasteiger partial charge in [0.1, 0.15) is 11.4 Å². The van der Waals surface area contributed by atoms with Crippen LogP contribution in [0.3, 0.4) is 0 Å². The Morgan fingerprint density at radius 1 is 1.19 bits per heavy atom. The topological polar surface area (TPSA) is 105 Å². The number of benzene rings is 1. The van der Waals surface area contributed by atoms with E-state index in [2.05, 4.69) is 11.1 Å². The van der Waals surface area contributed by atoms with Crippen LogP contribution in [0.25, 0.3) is 10.9 Å². The summed E-state index contributed by atoms with van der Waals surface area (Å²) in [4.78, 5) is 44.1. The van der Waals surface area contributed by atoms with E-state index in [9.17, 15) is 19.6 Å². The summed E-state index contributed by atoms with van der Waals surface area (Å²) in [5.74, 6) is -0.305. The molecule has 1 amide bonds. The standard InChI is InChI=1S/C24H28N4O4/c1-27(24(16-25)11-5-3-6-12-24)21(29)15-32-23(31)17-9-10-18-19(14-17)26-20-8-4-2-7-13-28(20)22(18)30/h9-10,14H,2-8,11-13,15H2,1H3. The summed E-state index contributed by atoms with van der Waals surface area (Å²) in [5, 5.41) is 10.1. The van der Waals surface area contributed by atoms with Crippen molar-refractivity contribution < 1.29 is 14.3 Å². The SMILES string of the molecule is CN(C(=O)COC(=O)c1ccc2c(=O)n3c(nc2c1)CCCCC3)C1(C#N)CCCCC1. The number of likely N-dealkylation sites (N-methyl/N-ethyl adjacent to an activating group) is 1. The molecule has 0 saturated heterocycles. The van der Waals surface area contributed by atoms with E-state index >= 15 is 0 Å². The summed E-state index contributed by atoms with van der Waals surface area (Å²) >= 11 is 0. The molecule has 0 unspecified atom stereocenters. The lowest BCUT2D eigenvalue weighted by Crippen LogP contribution is -2.51. The monoisotopic (exact) mass is 436 g/mol. The maximum absolute atomic E-state index is 12.8. The second-order valence-electron chi connectivity index (χ2n) is 8.76. The first-order valence-corrected chi connectivity index (χ1v) is 11.3. The van der Waals surface area contributed by atoms with Crippen molar-refractivity contribution in [1.29, 1.82) is 5.26 Å². The summed E-state index contributed by atoms with van der Waals surface area (Å²) in [6.07, 6.45) is 7.87. The molecule has 0 atom stereocenters. The average Bonchev–Trinajstić information content (AvgIpc) is 3.07. The minimum Gasteiger partial charge on any atom is -0.452 e. The molecule has 4 rings (SSSR count). The van der Waals surface area contributed by atoms with Crippen molar-refractivity contribution in [2.24, 2.45) is 0 Å². The van der Waals surface area contributed by atoms with Gasteiger partial charge in [-0.2, -0.15) is 5.26 Å². The molecule has 2 aromatic rings. The van der Waals surface area contributed by atoms with E-state index in [-0.39, 0.29) is 11.1 Å². The smallest absolute Gasteiger partial charge is 0.338 e. The number of nitriles is 1. The van der Waals surface area contributed by atoms with Crippen molar-refractivity contribution >= 4 is 22.8 Å². The fraction of sp³-hybridized carbons (Fsp3) is 0.542. The van der Waals surface area contributed by atoms with Crippen LogP contribution in [0.2, 0.25) is 0 Å². The van der Waals surface area contributed by atoms with E-state index in [1.165, 1.54) is 11.0 Å². The Hall–Kier alpha value is -3.21. The number of amides is 1. The number of carbonyl (C=O) groups excluding carboxylic acids is 2. The third kappa shape index (κ3) is 4.12. The van der Waals surface area contributed by atoms with Gasteiger partial charge < -0.3 is 9.64 Å². The number of aromatic nitrogens is 2. The number of hydrogen-bond acceptors (Lipinski definition) is 6. The predicted molar refractivity (Wildman–Crippen MR) is 118 cm³/mol. The molecule has 8 nitrogen and oxygen atoms in total. The van der Waals surface area contributed by atoms with Gasteiger partial charge in [-0.1, -0.05) is 25.7 Å². The largest absolute Gasteiger partial charge is 0.452 e. The number of carbonyl (C=O) groups is 2. The number of ether oxygens (including phenoxy) is 1. The number of fused-ring (bicyclic) bond motifs is 2. The molecule has 8 heteroatoms. The molecule has 0 bridgehead atoms. The van der Waals surface area contributed by atoms with Crippen molar-refractivity contribution in [1.82, 2.24) is 14.5 Å². The maximum Gasteiger partial charge on any atom is 0.338 e. The van der Waals surface area contributed by atoms with Crippen LogP contribution in [-0.2, 0) is 22.5 Å². The van der Waals surface area contributed by atoms with Gasteiger partial charge in [-0.3, -0.25) is 14.2 Å². The van der Waals surface area contributed by atoms with Crippen LogP contribution in [0.5, 0.6) is 0 Å². The van der Waals surface area contributed by atoms with Crippen LogP contribution < -0.4 is 5.56 Å². The minimum absolute atomic E-state index is 0.0853. The van der Waals surface area contributed by atoms with Gasteiger partial charge >= 0.3 is 5.97 Å². The Kier molecular flexibility index (Phi) is 6.26. The van der Waals surface area contributed by atoms with E-state index in [1.807, 2.05) is 0 Å². The fourth-order valence-corrected chi connectivity index (χ4v) is 4.75. The first kappa shape index (κ1) is 22.0. The number of esters is 1. The number of hydrogen-bond donors (Lipinski definition) is 0. The molecular weight excluding hydrogens is 408 g/mol. The molecule has 0 radical (unpaired) electrons. The van der Waals surface area contributed by atoms with E-state index in [1.54, 1.807) is 23.7 Å². The highest BCUT2D eigenvalue weighted by molar-refractivity contribution is 5.95. The molecule has 1 aromatic carbocycles. The summed E-state index contributed by atoms with van der Waals surface area (Å²) in [6.45, 7) is 0.234. The first-order chi connectivity index (χ1) is 15.4. The van der Waals surface area contributed by atoms with Crippen LogP contribution in [0.4, 0.5) is 0 Å². The summed E-state index contributed by atoms with van der Waals surface area (Å²) in [7, 11) is 1.60. The van der Waals surface area contributed by atoms with Crippen LogP contribution in [-0.4, -0.2) is 45.5 Å². The zero-order chi connectivity index (χ0) is 22.7. The van der Waals surface area contributed by atoms with E-state index in [0.29, 0.717) is 30.3 Å². The molecule has 32 heavy (non-hydrogen) atoms. The van der Waals surface area contributed by atoms with Gasteiger partial charge in [-0.15, -0.1) is 0 Å². The molecule has 168 valence electrons. The average molecular weight is 437 g/mol. The van der Waals surface area contributed by atoms with Crippen molar-refractivity contribution in [3.8, 4) is 6.07 Å². The third-order valence-electron chi connectivity index (χ3n) is 6.78. The van der Waals surface area contributed by atoms with Crippen LogP contribution in [0.1, 0.15) is 67.5 Å². The molecule has 1 aliphatic heterocycles. The van der Waals surface area contributed by atoms with Gasteiger partial charge in [0.05, 0.1) is 22.5 Å². The number of nitrogens with zero attached hydrogens (tertiary/aromatic N) is 4. The molecular formula is C24H28N4O4. The Bertz CT molecular complexity index is 1140. The number of aryl methyl sites for hydroxylation is 1. The lowest BCUT2D eigenvalue weighted by molar-refractivity contribution is -0.138. The van der Waals surface area contributed by atoms with Crippen molar-refractivity contribution in [3.05, 3.63) is 39.9 Å². The van der Waals surface area contributed by atoms with Crippen molar-refractivity contribution in [2.45, 2.75) is 69.9 Å². The lowest BCUT2D eigenvalue weighted by Gasteiger charge is -2.38. The van der Waals surface area contributed by atoms with Crippen molar-refractivity contribution in [2.75, 3.05) is 13.7 Å². The second-order valence-corrected chi connectivity index (χ2v) is 8.76. The molecule has 2 aliphatic rings. The van der Waals surface area contributed by atoms with Crippen LogP contribution >= 0.6 is 0 Å². The van der Waals surface area contributed by atoms with Gasteiger partial charge in [-0.25, -0.2) is 9.78 Å². The molecule has 1 fully saturated rings. The quantitative estimate of drug-likeness (QED) is 0.683. The Morgan fingerprint density at radius 3 is 2.69 bits per heavy atom. The zero-order valence-corrected chi connectivity index (χ0v) is 18.4. The minimum atomic E-state index is -0.825. The van der Waals surface area contributed by atoms with Crippen LogP contribution in [0.15, 0.2) is 23.0 Å². The van der Waals surface area contributed by atoms with Crippen molar-refractivity contribution in [3.63, 3.8) is 0 Å². The predicted octanol–water partition coefficient (Wildman–Crippen LogP) is 2.96.